The quantitative estimate of drug-likeness (QED) is 0.816. The van der Waals surface area contributed by atoms with E-state index >= 15 is 0 Å². The van der Waals surface area contributed by atoms with Crippen LogP contribution in [-0.4, -0.2) is 22.7 Å². The molecule has 0 bridgehead atoms. The van der Waals surface area contributed by atoms with Crippen molar-refractivity contribution in [3.8, 4) is 5.75 Å². The maximum Gasteiger partial charge on any atom is 0.373 e. The van der Waals surface area contributed by atoms with Crippen molar-refractivity contribution in [2.24, 2.45) is 0 Å². The van der Waals surface area contributed by atoms with Crippen molar-refractivity contribution in [1.29, 1.82) is 0 Å². The number of oxazole rings is 1. The standard InChI is InChI=1S/C13H12INO4/c1-2-18-9-5-3-8(4-6-9)7-10-11(12(16)17)19-13(14)15-10/h3-6H,2,7H2,1H3,(H,16,17). The van der Waals surface area contributed by atoms with Crippen molar-refractivity contribution in [2.75, 3.05) is 6.61 Å². The molecule has 1 aromatic carbocycles. The summed E-state index contributed by atoms with van der Waals surface area (Å²) in [7, 11) is 0. The minimum atomic E-state index is -1.10. The van der Waals surface area contributed by atoms with Crippen LogP contribution in [0.2, 0.25) is 0 Å². The first-order valence-corrected chi connectivity index (χ1v) is 6.78. The summed E-state index contributed by atoms with van der Waals surface area (Å²) in [6, 6.07) is 7.48. The molecule has 1 heterocycles. The van der Waals surface area contributed by atoms with Crippen LogP contribution in [0.3, 0.4) is 0 Å². The number of aromatic carboxylic acids is 1. The molecule has 0 saturated carbocycles. The third-order valence-electron chi connectivity index (χ3n) is 2.47. The molecule has 6 heteroatoms. The molecular weight excluding hydrogens is 361 g/mol. The predicted molar refractivity (Wildman–Crippen MR) is 76.6 cm³/mol. The monoisotopic (exact) mass is 373 g/mol. The van der Waals surface area contributed by atoms with E-state index in [2.05, 4.69) is 4.98 Å². The lowest BCUT2D eigenvalue weighted by Crippen LogP contribution is -2.01. The largest absolute Gasteiger partial charge is 0.494 e. The van der Waals surface area contributed by atoms with E-state index in [0.717, 1.165) is 11.3 Å². The summed E-state index contributed by atoms with van der Waals surface area (Å²) < 4.78 is 10.7. The average Bonchev–Trinajstić information content (AvgIpc) is 2.73. The highest BCUT2D eigenvalue weighted by atomic mass is 127. The van der Waals surface area contributed by atoms with Crippen molar-refractivity contribution in [3.05, 3.63) is 45.2 Å². The maximum atomic E-state index is 11.0. The maximum absolute atomic E-state index is 11.0. The van der Waals surface area contributed by atoms with Crippen molar-refractivity contribution in [3.63, 3.8) is 0 Å². The van der Waals surface area contributed by atoms with E-state index in [1.54, 1.807) is 0 Å². The van der Waals surface area contributed by atoms with Gasteiger partial charge in [0.1, 0.15) is 5.75 Å². The van der Waals surface area contributed by atoms with Gasteiger partial charge < -0.3 is 14.3 Å². The second-order valence-electron chi connectivity index (χ2n) is 3.80. The Morgan fingerprint density at radius 1 is 1.42 bits per heavy atom. The van der Waals surface area contributed by atoms with Crippen molar-refractivity contribution in [2.45, 2.75) is 13.3 Å². The third kappa shape index (κ3) is 3.46. The molecule has 0 saturated heterocycles. The molecule has 0 aliphatic rings. The second-order valence-corrected chi connectivity index (χ2v) is 4.72. The number of hydrogen-bond donors (Lipinski definition) is 1. The Bertz CT molecular complexity index is 577. The summed E-state index contributed by atoms with van der Waals surface area (Å²) in [5, 5.41) is 9.01. The van der Waals surface area contributed by atoms with Crippen LogP contribution in [0, 0.1) is 3.90 Å². The SMILES string of the molecule is CCOc1ccc(Cc2nc(I)oc2C(=O)O)cc1. The normalized spacial score (nSPS) is 10.4. The van der Waals surface area contributed by atoms with Gasteiger partial charge in [-0.1, -0.05) is 12.1 Å². The molecule has 19 heavy (non-hydrogen) atoms. The molecule has 0 radical (unpaired) electrons. The zero-order valence-electron chi connectivity index (χ0n) is 10.2. The van der Waals surface area contributed by atoms with Crippen LogP contribution in [0.4, 0.5) is 0 Å². The average molecular weight is 373 g/mol. The highest BCUT2D eigenvalue weighted by Gasteiger charge is 2.18. The Balaban J connectivity index is 2.18. The smallest absolute Gasteiger partial charge is 0.373 e. The van der Waals surface area contributed by atoms with E-state index < -0.39 is 5.97 Å². The molecule has 0 amide bonds. The first-order valence-electron chi connectivity index (χ1n) is 5.70. The summed E-state index contributed by atoms with van der Waals surface area (Å²) in [6.07, 6.45) is 0.417. The number of carbonyl (C=O) groups is 1. The van der Waals surface area contributed by atoms with Gasteiger partial charge in [-0.3, -0.25) is 0 Å². The van der Waals surface area contributed by atoms with Gasteiger partial charge in [0.2, 0.25) is 5.76 Å². The van der Waals surface area contributed by atoms with Gasteiger partial charge in [0.25, 0.3) is 3.90 Å². The van der Waals surface area contributed by atoms with Crippen LogP contribution in [0.5, 0.6) is 5.75 Å². The Kier molecular flexibility index (Phi) is 4.41. The molecule has 100 valence electrons. The van der Waals surface area contributed by atoms with Gasteiger partial charge >= 0.3 is 5.97 Å². The van der Waals surface area contributed by atoms with Gasteiger partial charge in [-0.25, -0.2) is 9.78 Å². The van der Waals surface area contributed by atoms with E-state index in [1.165, 1.54) is 0 Å². The van der Waals surface area contributed by atoms with Crippen LogP contribution in [0.15, 0.2) is 28.7 Å². The molecule has 1 N–H and O–H groups in total. The first kappa shape index (κ1) is 13.9. The fourth-order valence-corrected chi connectivity index (χ4v) is 2.18. The number of carboxylic acid groups (broad SMARTS) is 1. The minimum Gasteiger partial charge on any atom is -0.494 e. The van der Waals surface area contributed by atoms with Crippen molar-refractivity contribution in [1.82, 2.24) is 4.98 Å². The van der Waals surface area contributed by atoms with E-state index in [9.17, 15) is 4.79 Å². The Labute approximate surface area is 123 Å². The van der Waals surface area contributed by atoms with E-state index in [4.69, 9.17) is 14.3 Å². The highest BCUT2D eigenvalue weighted by Crippen LogP contribution is 2.19. The number of carboxylic acids is 1. The fourth-order valence-electron chi connectivity index (χ4n) is 1.67. The number of nitrogens with zero attached hydrogens (tertiary/aromatic N) is 1. The molecule has 0 aliphatic heterocycles. The number of ether oxygens (including phenoxy) is 1. The van der Waals surface area contributed by atoms with Crippen molar-refractivity contribution >= 4 is 28.6 Å². The second kappa shape index (κ2) is 6.05. The van der Waals surface area contributed by atoms with Crippen molar-refractivity contribution < 1.29 is 19.1 Å². The topological polar surface area (TPSA) is 72.6 Å². The zero-order valence-corrected chi connectivity index (χ0v) is 12.4. The third-order valence-corrected chi connectivity index (χ3v) is 2.93. The molecule has 0 fully saturated rings. The number of rotatable bonds is 5. The number of aromatic nitrogens is 1. The summed E-state index contributed by atoms with van der Waals surface area (Å²) in [5.74, 6) is -0.408. The van der Waals surface area contributed by atoms with E-state index in [0.29, 0.717) is 22.6 Å². The van der Waals surface area contributed by atoms with Gasteiger partial charge in [0, 0.05) is 29.0 Å². The zero-order chi connectivity index (χ0) is 13.8. The summed E-state index contributed by atoms with van der Waals surface area (Å²) >= 11 is 1.86. The van der Waals surface area contributed by atoms with Gasteiger partial charge in [0.05, 0.1) is 12.3 Å². The lowest BCUT2D eigenvalue weighted by atomic mass is 10.1. The Morgan fingerprint density at radius 3 is 2.68 bits per heavy atom. The minimum absolute atomic E-state index is 0.0988. The molecule has 5 nitrogen and oxygen atoms in total. The molecular formula is C13H12INO4. The molecule has 0 aliphatic carbocycles. The van der Waals surface area contributed by atoms with Crippen LogP contribution < -0.4 is 4.74 Å². The van der Waals surface area contributed by atoms with Gasteiger partial charge in [-0.15, -0.1) is 0 Å². The van der Waals surface area contributed by atoms with Crippen LogP contribution >= 0.6 is 22.6 Å². The Hall–Kier alpha value is -1.57. The number of hydrogen-bond acceptors (Lipinski definition) is 4. The molecule has 0 spiro atoms. The predicted octanol–water partition coefficient (Wildman–Crippen LogP) is 2.97. The van der Waals surface area contributed by atoms with Crippen LogP contribution in [0.1, 0.15) is 28.7 Å². The molecule has 2 rings (SSSR count). The molecule has 2 aromatic rings. The fraction of sp³-hybridized carbons (Fsp3) is 0.231. The summed E-state index contributed by atoms with van der Waals surface area (Å²) in [5.41, 5.74) is 1.39. The van der Waals surface area contributed by atoms with Crippen LogP contribution in [0.25, 0.3) is 0 Å². The van der Waals surface area contributed by atoms with Gasteiger partial charge in [-0.05, 0) is 24.6 Å². The Morgan fingerprint density at radius 2 is 2.11 bits per heavy atom. The number of benzene rings is 1. The summed E-state index contributed by atoms with van der Waals surface area (Å²) in [4.78, 5) is 15.1. The molecule has 0 unspecified atom stereocenters. The summed E-state index contributed by atoms with van der Waals surface area (Å²) in [6.45, 7) is 2.54. The lowest BCUT2D eigenvalue weighted by molar-refractivity contribution is 0.0659. The molecule has 1 aromatic heterocycles. The van der Waals surface area contributed by atoms with E-state index in [1.807, 2.05) is 53.8 Å². The van der Waals surface area contributed by atoms with Crippen LogP contribution in [-0.2, 0) is 6.42 Å². The number of halogens is 1. The molecule has 0 atom stereocenters. The van der Waals surface area contributed by atoms with E-state index in [-0.39, 0.29) is 5.76 Å². The van der Waals surface area contributed by atoms with Gasteiger partial charge in [0.15, 0.2) is 0 Å². The van der Waals surface area contributed by atoms with Gasteiger partial charge in [-0.2, -0.15) is 0 Å². The first-order chi connectivity index (χ1) is 9.10. The lowest BCUT2D eigenvalue weighted by Gasteiger charge is -2.04. The highest BCUT2D eigenvalue weighted by molar-refractivity contribution is 14.1.